The van der Waals surface area contributed by atoms with Crippen LogP contribution in [0.1, 0.15) is 10.4 Å². The summed E-state index contributed by atoms with van der Waals surface area (Å²) in [5.41, 5.74) is 0.0898. The van der Waals surface area contributed by atoms with Gasteiger partial charge in [-0.05, 0) is 34.7 Å². The second-order valence-electron chi connectivity index (χ2n) is 3.83. The lowest BCUT2D eigenvalue weighted by molar-refractivity contribution is 0.0506. The molecule has 0 radical (unpaired) electrons. The van der Waals surface area contributed by atoms with Crippen LogP contribution in [0.4, 0.5) is 8.78 Å². The van der Waals surface area contributed by atoms with Gasteiger partial charge in [-0.25, -0.2) is 8.78 Å². The molecule has 0 aliphatic carbocycles. The van der Waals surface area contributed by atoms with E-state index in [2.05, 4.69) is 0 Å². The molecule has 0 aliphatic rings. The lowest BCUT2D eigenvalue weighted by Crippen LogP contribution is -2.37. The van der Waals surface area contributed by atoms with Crippen LogP contribution in [0.2, 0.25) is 5.02 Å². The number of aliphatic hydroxyl groups excluding tert-OH is 1. The zero-order chi connectivity index (χ0) is 15.3. The second kappa shape index (κ2) is 7.94. The molecule has 4 nitrogen and oxygen atoms in total. The standard InChI is InChI=1S/C12H13ClF2INO3/c1-20-10-5-9(16)8(13)4-7(10)12(19)17(2-3-18)6-11(14)15/h4-5,11,18H,2-3,6H2,1H3. The van der Waals surface area contributed by atoms with E-state index in [1.54, 1.807) is 6.07 Å². The number of carbonyl (C=O) groups is 1. The summed E-state index contributed by atoms with van der Waals surface area (Å²) in [5.74, 6) is -0.407. The van der Waals surface area contributed by atoms with Crippen LogP contribution >= 0.6 is 34.2 Å². The summed E-state index contributed by atoms with van der Waals surface area (Å²) in [6.45, 7) is -1.35. The highest BCUT2D eigenvalue weighted by atomic mass is 127. The van der Waals surface area contributed by atoms with Crippen molar-refractivity contribution in [1.29, 1.82) is 0 Å². The molecule has 1 amide bonds. The van der Waals surface area contributed by atoms with E-state index < -0.39 is 25.5 Å². The van der Waals surface area contributed by atoms with E-state index in [4.69, 9.17) is 21.4 Å². The van der Waals surface area contributed by atoms with Gasteiger partial charge >= 0.3 is 0 Å². The molecule has 0 unspecified atom stereocenters. The fourth-order valence-corrected chi connectivity index (χ4v) is 2.20. The number of nitrogens with zero attached hydrogens (tertiary/aromatic N) is 1. The quantitative estimate of drug-likeness (QED) is 0.722. The zero-order valence-corrected chi connectivity index (χ0v) is 13.5. The largest absolute Gasteiger partial charge is 0.496 e. The van der Waals surface area contributed by atoms with Crippen LogP contribution in [0.5, 0.6) is 5.75 Å². The van der Waals surface area contributed by atoms with E-state index in [0.717, 1.165) is 4.90 Å². The highest BCUT2D eigenvalue weighted by Gasteiger charge is 2.23. The molecule has 0 saturated carbocycles. The summed E-state index contributed by atoms with van der Waals surface area (Å²) in [6, 6.07) is 2.93. The van der Waals surface area contributed by atoms with E-state index in [9.17, 15) is 13.6 Å². The minimum Gasteiger partial charge on any atom is -0.496 e. The fraction of sp³-hybridized carbons (Fsp3) is 0.417. The Labute approximate surface area is 133 Å². The molecule has 1 aromatic carbocycles. The van der Waals surface area contributed by atoms with E-state index in [1.807, 2.05) is 22.6 Å². The lowest BCUT2D eigenvalue weighted by Gasteiger charge is -2.22. The molecule has 1 aromatic rings. The molecule has 0 aromatic heterocycles. The number of aliphatic hydroxyl groups is 1. The predicted octanol–water partition coefficient (Wildman–Crippen LogP) is 2.65. The van der Waals surface area contributed by atoms with Gasteiger partial charge in [-0.2, -0.15) is 0 Å². The van der Waals surface area contributed by atoms with Crippen molar-refractivity contribution in [1.82, 2.24) is 4.90 Å². The van der Waals surface area contributed by atoms with Gasteiger partial charge in [0.25, 0.3) is 12.3 Å². The first-order valence-electron chi connectivity index (χ1n) is 5.62. The summed E-state index contributed by atoms with van der Waals surface area (Å²) in [7, 11) is 1.37. The molecule has 0 bridgehead atoms. The number of rotatable bonds is 6. The summed E-state index contributed by atoms with van der Waals surface area (Å²) in [5, 5.41) is 9.20. The van der Waals surface area contributed by atoms with Crippen LogP contribution in [0.25, 0.3) is 0 Å². The fourth-order valence-electron chi connectivity index (χ4n) is 1.60. The monoisotopic (exact) mass is 419 g/mol. The van der Waals surface area contributed by atoms with Crippen molar-refractivity contribution in [2.24, 2.45) is 0 Å². The Morgan fingerprint density at radius 1 is 1.55 bits per heavy atom. The molecule has 0 saturated heterocycles. The van der Waals surface area contributed by atoms with Crippen molar-refractivity contribution in [3.63, 3.8) is 0 Å². The average Bonchev–Trinajstić information content (AvgIpc) is 2.39. The van der Waals surface area contributed by atoms with Crippen molar-refractivity contribution >= 4 is 40.1 Å². The number of carbonyl (C=O) groups excluding carboxylic acids is 1. The Kier molecular flexibility index (Phi) is 6.90. The van der Waals surface area contributed by atoms with Crippen molar-refractivity contribution in [2.45, 2.75) is 6.43 Å². The lowest BCUT2D eigenvalue weighted by atomic mass is 10.1. The Morgan fingerprint density at radius 3 is 2.70 bits per heavy atom. The van der Waals surface area contributed by atoms with Gasteiger partial charge in [-0.3, -0.25) is 4.79 Å². The molecule has 0 heterocycles. The van der Waals surface area contributed by atoms with Gasteiger partial charge in [0.1, 0.15) is 5.75 Å². The average molecular weight is 420 g/mol. The second-order valence-corrected chi connectivity index (χ2v) is 5.40. The van der Waals surface area contributed by atoms with Crippen molar-refractivity contribution in [3.05, 3.63) is 26.3 Å². The van der Waals surface area contributed by atoms with E-state index >= 15 is 0 Å². The smallest absolute Gasteiger partial charge is 0.257 e. The minimum absolute atomic E-state index is 0.0898. The molecule has 112 valence electrons. The molecule has 1 N–H and O–H groups in total. The third-order valence-electron chi connectivity index (χ3n) is 2.49. The van der Waals surface area contributed by atoms with Crippen LogP contribution in [-0.2, 0) is 0 Å². The predicted molar refractivity (Wildman–Crippen MR) is 79.7 cm³/mol. The third-order valence-corrected chi connectivity index (χ3v) is 4.01. The number of hydrogen-bond donors (Lipinski definition) is 1. The molecule has 1 rings (SSSR count). The molecule has 0 atom stereocenters. The Balaban J connectivity index is 3.13. The highest BCUT2D eigenvalue weighted by molar-refractivity contribution is 14.1. The molecule has 0 spiro atoms. The topological polar surface area (TPSA) is 49.8 Å². The normalized spacial score (nSPS) is 10.8. The van der Waals surface area contributed by atoms with Gasteiger partial charge < -0.3 is 14.7 Å². The number of alkyl halides is 2. The third kappa shape index (κ3) is 4.42. The summed E-state index contributed by atoms with van der Waals surface area (Å²) in [4.78, 5) is 13.1. The van der Waals surface area contributed by atoms with Crippen LogP contribution in [0.3, 0.4) is 0 Å². The van der Waals surface area contributed by atoms with E-state index in [0.29, 0.717) is 8.59 Å². The molecular formula is C12H13ClF2INO3. The Hall–Kier alpha value is -0.670. The number of hydrogen-bond acceptors (Lipinski definition) is 3. The zero-order valence-electron chi connectivity index (χ0n) is 10.6. The molecule has 0 fully saturated rings. The van der Waals surface area contributed by atoms with E-state index in [-0.39, 0.29) is 17.9 Å². The maximum absolute atomic E-state index is 12.5. The Bertz CT molecular complexity index is 488. The summed E-state index contributed by atoms with van der Waals surface area (Å²) >= 11 is 7.91. The van der Waals surface area contributed by atoms with Crippen LogP contribution in [0.15, 0.2) is 12.1 Å². The van der Waals surface area contributed by atoms with Crippen LogP contribution < -0.4 is 4.74 Å². The van der Waals surface area contributed by atoms with Gasteiger partial charge in [0.05, 0.1) is 30.8 Å². The number of benzene rings is 1. The van der Waals surface area contributed by atoms with Crippen molar-refractivity contribution < 1.29 is 23.4 Å². The summed E-state index contributed by atoms with van der Waals surface area (Å²) < 4.78 is 30.7. The number of amides is 1. The molecule has 0 aliphatic heterocycles. The first-order chi connectivity index (χ1) is 9.40. The first-order valence-corrected chi connectivity index (χ1v) is 7.07. The Morgan fingerprint density at radius 2 is 2.20 bits per heavy atom. The maximum Gasteiger partial charge on any atom is 0.257 e. The van der Waals surface area contributed by atoms with Crippen molar-refractivity contribution in [3.8, 4) is 5.75 Å². The number of methoxy groups -OCH3 is 1. The minimum atomic E-state index is -2.68. The van der Waals surface area contributed by atoms with Gasteiger partial charge in [0, 0.05) is 10.1 Å². The van der Waals surface area contributed by atoms with Gasteiger partial charge in [0.15, 0.2) is 0 Å². The van der Waals surface area contributed by atoms with E-state index in [1.165, 1.54) is 13.2 Å². The van der Waals surface area contributed by atoms with Gasteiger partial charge in [-0.1, -0.05) is 11.6 Å². The SMILES string of the molecule is COc1cc(I)c(Cl)cc1C(=O)N(CCO)CC(F)F. The molecule has 20 heavy (non-hydrogen) atoms. The molecular weight excluding hydrogens is 406 g/mol. The van der Waals surface area contributed by atoms with Gasteiger partial charge in [-0.15, -0.1) is 0 Å². The van der Waals surface area contributed by atoms with Crippen LogP contribution in [0, 0.1) is 3.57 Å². The van der Waals surface area contributed by atoms with Crippen LogP contribution in [-0.4, -0.2) is 49.1 Å². The summed E-state index contributed by atoms with van der Waals surface area (Å²) in [6.07, 6.45) is -2.68. The first kappa shape index (κ1) is 17.4. The number of ether oxygens (including phenoxy) is 1. The van der Waals surface area contributed by atoms with Gasteiger partial charge in [0.2, 0.25) is 0 Å². The highest BCUT2D eigenvalue weighted by Crippen LogP contribution is 2.29. The molecule has 8 heteroatoms. The number of halogens is 4. The van der Waals surface area contributed by atoms with Crippen molar-refractivity contribution in [2.75, 3.05) is 26.8 Å². The maximum atomic E-state index is 12.5.